The van der Waals surface area contributed by atoms with Crippen LogP contribution in [0.15, 0.2) is 24.3 Å². The molecule has 1 N–H and O–H groups in total. The summed E-state index contributed by atoms with van der Waals surface area (Å²) >= 11 is 0. The van der Waals surface area contributed by atoms with Gasteiger partial charge in [-0.25, -0.2) is 0 Å². The van der Waals surface area contributed by atoms with Gasteiger partial charge in [0.05, 0.1) is 12.1 Å². The predicted molar refractivity (Wildman–Crippen MR) is 76.2 cm³/mol. The summed E-state index contributed by atoms with van der Waals surface area (Å²) in [6.45, 7) is 5.92. The van der Waals surface area contributed by atoms with E-state index in [4.69, 9.17) is 0 Å². The lowest BCUT2D eigenvalue weighted by atomic mass is 10.1. The van der Waals surface area contributed by atoms with Gasteiger partial charge in [-0.2, -0.15) is 5.10 Å². The van der Waals surface area contributed by atoms with E-state index in [1.807, 2.05) is 52.1 Å². The zero-order chi connectivity index (χ0) is 14.0. The first-order valence-electron chi connectivity index (χ1n) is 6.33. The van der Waals surface area contributed by atoms with Crippen LogP contribution in [0, 0.1) is 20.8 Å². The third-order valence-corrected chi connectivity index (χ3v) is 3.19. The third kappa shape index (κ3) is 3.02. The van der Waals surface area contributed by atoms with Crippen LogP contribution in [0.3, 0.4) is 0 Å². The number of carbonyl (C=O) groups excluding carboxylic acids is 1. The molecule has 1 aromatic heterocycles. The van der Waals surface area contributed by atoms with Crippen molar-refractivity contribution in [3.63, 3.8) is 0 Å². The number of hydrogen-bond donors (Lipinski definition) is 1. The molecule has 0 saturated carbocycles. The SMILES string of the molecule is Cc1cc(CC(=O)Nc2c(C)cccc2C)n(C)n1. The average molecular weight is 257 g/mol. The summed E-state index contributed by atoms with van der Waals surface area (Å²) in [5.41, 5.74) is 4.91. The number of carbonyl (C=O) groups is 1. The molecule has 0 radical (unpaired) electrons. The van der Waals surface area contributed by atoms with Crippen molar-refractivity contribution < 1.29 is 4.79 Å². The number of rotatable bonds is 3. The fraction of sp³-hybridized carbons (Fsp3) is 0.333. The number of nitrogens with one attached hydrogen (secondary N) is 1. The molecule has 1 heterocycles. The van der Waals surface area contributed by atoms with Crippen LogP contribution < -0.4 is 5.32 Å². The van der Waals surface area contributed by atoms with Crippen LogP contribution in [-0.4, -0.2) is 15.7 Å². The Morgan fingerprint density at radius 2 is 1.89 bits per heavy atom. The van der Waals surface area contributed by atoms with E-state index in [-0.39, 0.29) is 5.91 Å². The Bertz CT molecular complexity index is 594. The number of anilines is 1. The average Bonchev–Trinajstić information content (AvgIpc) is 2.63. The Balaban J connectivity index is 2.12. The molecule has 1 amide bonds. The monoisotopic (exact) mass is 257 g/mol. The molecule has 0 atom stereocenters. The minimum Gasteiger partial charge on any atom is -0.325 e. The van der Waals surface area contributed by atoms with Gasteiger partial charge in [0.2, 0.25) is 5.91 Å². The lowest BCUT2D eigenvalue weighted by molar-refractivity contribution is -0.115. The van der Waals surface area contributed by atoms with Crippen LogP contribution in [0.2, 0.25) is 0 Å². The van der Waals surface area contributed by atoms with E-state index in [0.29, 0.717) is 6.42 Å². The van der Waals surface area contributed by atoms with Crippen molar-refractivity contribution in [3.05, 3.63) is 46.8 Å². The number of nitrogens with zero attached hydrogens (tertiary/aromatic N) is 2. The van der Waals surface area contributed by atoms with Crippen LogP contribution in [0.4, 0.5) is 5.69 Å². The Labute approximate surface area is 113 Å². The molecule has 0 spiro atoms. The van der Waals surface area contributed by atoms with Gasteiger partial charge in [-0.3, -0.25) is 9.48 Å². The summed E-state index contributed by atoms with van der Waals surface area (Å²) in [5, 5.41) is 7.23. The molecule has 2 rings (SSSR count). The fourth-order valence-electron chi connectivity index (χ4n) is 2.19. The molecule has 0 aliphatic carbocycles. The zero-order valence-electron chi connectivity index (χ0n) is 11.8. The number of aryl methyl sites for hydroxylation is 4. The van der Waals surface area contributed by atoms with Gasteiger partial charge in [0.25, 0.3) is 0 Å². The van der Waals surface area contributed by atoms with Gasteiger partial charge in [-0.05, 0) is 38.0 Å². The molecule has 0 aliphatic heterocycles. The predicted octanol–water partition coefficient (Wildman–Crippen LogP) is 2.53. The number of amides is 1. The van der Waals surface area contributed by atoms with Gasteiger partial charge in [-0.1, -0.05) is 18.2 Å². The highest BCUT2D eigenvalue weighted by atomic mass is 16.1. The molecule has 2 aromatic rings. The third-order valence-electron chi connectivity index (χ3n) is 3.19. The van der Waals surface area contributed by atoms with E-state index < -0.39 is 0 Å². The molecule has 19 heavy (non-hydrogen) atoms. The van der Waals surface area contributed by atoms with Gasteiger partial charge >= 0.3 is 0 Å². The Hall–Kier alpha value is -2.10. The van der Waals surface area contributed by atoms with Crippen LogP contribution in [0.25, 0.3) is 0 Å². The summed E-state index contributed by atoms with van der Waals surface area (Å²) < 4.78 is 1.75. The standard InChI is InChI=1S/C15H19N3O/c1-10-6-5-7-11(2)15(10)16-14(19)9-13-8-12(3)17-18(13)4/h5-8H,9H2,1-4H3,(H,16,19). The molecule has 4 nitrogen and oxygen atoms in total. The summed E-state index contributed by atoms with van der Waals surface area (Å²) in [7, 11) is 1.86. The lowest BCUT2D eigenvalue weighted by Crippen LogP contribution is -2.17. The van der Waals surface area contributed by atoms with Gasteiger partial charge in [0.15, 0.2) is 0 Å². The first-order valence-corrected chi connectivity index (χ1v) is 6.33. The molecule has 0 saturated heterocycles. The minimum absolute atomic E-state index is 0.0135. The fourth-order valence-corrected chi connectivity index (χ4v) is 2.19. The number of para-hydroxylation sites is 1. The topological polar surface area (TPSA) is 46.9 Å². The van der Waals surface area contributed by atoms with E-state index in [1.165, 1.54) is 0 Å². The molecule has 1 aromatic carbocycles. The van der Waals surface area contributed by atoms with Gasteiger partial charge in [0, 0.05) is 18.4 Å². The summed E-state index contributed by atoms with van der Waals surface area (Å²) in [6.07, 6.45) is 0.338. The number of benzene rings is 1. The first-order chi connectivity index (χ1) is 8.97. The summed E-state index contributed by atoms with van der Waals surface area (Å²) in [5.74, 6) is -0.0135. The molecular weight excluding hydrogens is 238 g/mol. The van der Waals surface area contributed by atoms with Crippen LogP contribution in [0.5, 0.6) is 0 Å². The second kappa shape index (κ2) is 5.26. The second-order valence-electron chi connectivity index (χ2n) is 4.89. The van der Waals surface area contributed by atoms with Crippen molar-refractivity contribution in [2.24, 2.45) is 7.05 Å². The Morgan fingerprint density at radius 3 is 2.42 bits per heavy atom. The van der Waals surface area contributed by atoms with Gasteiger partial charge in [0.1, 0.15) is 0 Å². The van der Waals surface area contributed by atoms with Crippen molar-refractivity contribution in [3.8, 4) is 0 Å². The van der Waals surface area contributed by atoms with Crippen molar-refractivity contribution >= 4 is 11.6 Å². The van der Waals surface area contributed by atoms with Crippen LogP contribution >= 0.6 is 0 Å². The summed E-state index contributed by atoms with van der Waals surface area (Å²) in [4.78, 5) is 12.1. The molecule has 0 fully saturated rings. The summed E-state index contributed by atoms with van der Waals surface area (Å²) in [6, 6.07) is 7.92. The van der Waals surface area contributed by atoms with Gasteiger partial charge in [-0.15, -0.1) is 0 Å². The van der Waals surface area contributed by atoms with Crippen molar-refractivity contribution in [2.45, 2.75) is 27.2 Å². The van der Waals surface area contributed by atoms with Crippen LogP contribution in [-0.2, 0) is 18.3 Å². The maximum atomic E-state index is 12.1. The van der Waals surface area contributed by atoms with E-state index in [9.17, 15) is 4.79 Å². The van der Waals surface area contributed by atoms with Crippen molar-refractivity contribution in [1.82, 2.24) is 9.78 Å². The normalized spacial score (nSPS) is 10.5. The van der Waals surface area contributed by atoms with E-state index in [0.717, 1.165) is 28.2 Å². The molecule has 0 bridgehead atoms. The Morgan fingerprint density at radius 1 is 1.26 bits per heavy atom. The smallest absolute Gasteiger partial charge is 0.230 e. The maximum absolute atomic E-state index is 12.1. The second-order valence-corrected chi connectivity index (χ2v) is 4.89. The van der Waals surface area contributed by atoms with Crippen LogP contribution in [0.1, 0.15) is 22.5 Å². The minimum atomic E-state index is -0.0135. The quantitative estimate of drug-likeness (QED) is 0.918. The molecule has 0 aliphatic rings. The molecule has 4 heteroatoms. The van der Waals surface area contributed by atoms with Crippen molar-refractivity contribution in [1.29, 1.82) is 0 Å². The molecule has 100 valence electrons. The van der Waals surface area contributed by atoms with Gasteiger partial charge < -0.3 is 5.32 Å². The number of aromatic nitrogens is 2. The highest BCUT2D eigenvalue weighted by Gasteiger charge is 2.10. The first kappa shape index (κ1) is 13.3. The van der Waals surface area contributed by atoms with E-state index >= 15 is 0 Å². The van der Waals surface area contributed by atoms with Crippen molar-refractivity contribution in [2.75, 3.05) is 5.32 Å². The molecular formula is C15H19N3O. The molecule has 0 unspecified atom stereocenters. The van der Waals surface area contributed by atoms with E-state index in [2.05, 4.69) is 10.4 Å². The number of hydrogen-bond acceptors (Lipinski definition) is 2. The Kier molecular flexibility index (Phi) is 3.69. The largest absolute Gasteiger partial charge is 0.325 e. The lowest BCUT2D eigenvalue weighted by Gasteiger charge is -2.11. The highest BCUT2D eigenvalue weighted by molar-refractivity contribution is 5.93. The highest BCUT2D eigenvalue weighted by Crippen LogP contribution is 2.19. The zero-order valence-corrected chi connectivity index (χ0v) is 11.8. The van der Waals surface area contributed by atoms with E-state index in [1.54, 1.807) is 4.68 Å². The maximum Gasteiger partial charge on any atom is 0.230 e.